The Morgan fingerprint density at radius 1 is 1.42 bits per heavy atom. The van der Waals surface area contributed by atoms with Gasteiger partial charge >= 0.3 is 0 Å². The highest BCUT2D eigenvalue weighted by atomic mass is 79.9. The molecule has 0 unspecified atom stereocenters. The fourth-order valence-corrected chi connectivity index (χ4v) is 2.96. The lowest BCUT2D eigenvalue weighted by atomic mass is 9.83. The van der Waals surface area contributed by atoms with Crippen molar-refractivity contribution in [3.05, 3.63) is 20.8 Å². The largest absolute Gasteiger partial charge is 0.147 e. The van der Waals surface area contributed by atoms with Crippen LogP contribution >= 0.6 is 27.3 Å². The summed E-state index contributed by atoms with van der Waals surface area (Å²) >= 11 is 5.35. The maximum Gasteiger partial charge on any atom is 0.0285 e. The fraction of sp³-hybridized carbons (Fsp3) is 0.600. The third-order valence-corrected chi connectivity index (χ3v) is 4.72. The first kappa shape index (κ1) is 10.3. The topological polar surface area (TPSA) is 0 Å². The average molecular weight is 247 g/mol. The van der Waals surface area contributed by atoms with Gasteiger partial charge in [0.1, 0.15) is 0 Å². The molecule has 1 aromatic heterocycles. The zero-order valence-corrected chi connectivity index (χ0v) is 10.3. The molecule has 0 bridgehead atoms. The molecule has 0 radical (unpaired) electrons. The van der Waals surface area contributed by atoms with Crippen molar-refractivity contribution in [3.8, 4) is 0 Å². The predicted octanol–water partition coefficient (Wildman–Crippen LogP) is 4.59. The highest BCUT2D eigenvalue weighted by Crippen LogP contribution is 2.36. The first-order valence-electron chi connectivity index (χ1n) is 4.37. The molecule has 0 aliphatic heterocycles. The van der Waals surface area contributed by atoms with Gasteiger partial charge < -0.3 is 0 Å². The van der Waals surface area contributed by atoms with Crippen LogP contribution in [0.2, 0.25) is 0 Å². The molecule has 0 aliphatic rings. The number of hydrogen-bond donors (Lipinski definition) is 0. The lowest BCUT2D eigenvalue weighted by molar-refractivity contribution is 0.448. The van der Waals surface area contributed by atoms with Crippen molar-refractivity contribution < 1.29 is 0 Å². The second-order valence-electron chi connectivity index (χ2n) is 3.40. The number of halogens is 1. The highest BCUT2D eigenvalue weighted by molar-refractivity contribution is 9.10. The zero-order chi connectivity index (χ0) is 9.19. The molecule has 0 aliphatic carbocycles. The van der Waals surface area contributed by atoms with Crippen molar-refractivity contribution in [1.29, 1.82) is 0 Å². The first-order chi connectivity index (χ1) is 5.62. The molecule has 0 fully saturated rings. The van der Waals surface area contributed by atoms with Crippen molar-refractivity contribution >= 4 is 27.3 Å². The van der Waals surface area contributed by atoms with E-state index in [2.05, 4.69) is 48.1 Å². The molecule has 2 heteroatoms. The maximum atomic E-state index is 3.49. The van der Waals surface area contributed by atoms with E-state index in [1.54, 1.807) is 0 Å². The van der Waals surface area contributed by atoms with Crippen LogP contribution in [0.15, 0.2) is 15.9 Å². The van der Waals surface area contributed by atoms with Gasteiger partial charge in [-0.25, -0.2) is 0 Å². The number of rotatable bonds is 3. The summed E-state index contributed by atoms with van der Waals surface area (Å²) in [5.74, 6) is 0. The molecule has 0 atom stereocenters. The first-order valence-corrected chi connectivity index (χ1v) is 6.04. The molecule has 0 spiro atoms. The van der Waals surface area contributed by atoms with E-state index in [0.717, 1.165) is 0 Å². The van der Waals surface area contributed by atoms with Gasteiger partial charge in [0, 0.05) is 20.1 Å². The molecule has 0 nitrogen and oxygen atoms in total. The summed E-state index contributed by atoms with van der Waals surface area (Å²) < 4.78 is 1.22. The molecule has 1 heterocycles. The van der Waals surface area contributed by atoms with E-state index in [0.29, 0.717) is 5.41 Å². The van der Waals surface area contributed by atoms with Crippen molar-refractivity contribution in [2.24, 2.45) is 0 Å². The summed E-state index contributed by atoms with van der Waals surface area (Å²) in [6, 6.07) is 2.25. The minimum absolute atomic E-state index is 0.386. The van der Waals surface area contributed by atoms with Gasteiger partial charge in [0.15, 0.2) is 0 Å². The van der Waals surface area contributed by atoms with Gasteiger partial charge in [0.05, 0.1) is 0 Å². The minimum atomic E-state index is 0.386. The Balaban J connectivity index is 2.94. The molecule has 1 aromatic rings. The predicted molar refractivity (Wildman–Crippen MR) is 60.0 cm³/mol. The Morgan fingerprint density at radius 2 is 2.00 bits per heavy atom. The van der Waals surface area contributed by atoms with E-state index in [9.17, 15) is 0 Å². The number of hydrogen-bond acceptors (Lipinski definition) is 1. The van der Waals surface area contributed by atoms with Gasteiger partial charge in [-0.05, 0) is 34.8 Å². The van der Waals surface area contributed by atoms with Gasteiger partial charge in [-0.15, -0.1) is 11.3 Å². The maximum absolute atomic E-state index is 3.49. The Bertz CT molecular complexity index is 248. The van der Waals surface area contributed by atoms with Crippen LogP contribution in [0.1, 0.15) is 38.5 Å². The molecular weight excluding hydrogens is 232 g/mol. The quantitative estimate of drug-likeness (QED) is 0.732. The molecular formula is C10H15BrS. The van der Waals surface area contributed by atoms with Gasteiger partial charge in [0.2, 0.25) is 0 Å². The van der Waals surface area contributed by atoms with Crippen LogP contribution in [0.25, 0.3) is 0 Å². The molecule has 0 saturated heterocycles. The van der Waals surface area contributed by atoms with Gasteiger partial charge in [-0.1, -0.05) is 20.8 Å². The summed E-state index contributed by atoms with van der Waals surface area (Å²) in [5.41, 5.74) is 0.386. The Labute approximate surface area is 87.1 Å². The lowest BCUT2D eigenvalue weighted by Gasteiger charge is -2.24. The van der Waals surface area contributed by atoms with Gasteiger partial charge in [-0.3, -0.25) is 0 Å². The van der Waals surface area contributed by atoms with E-state index >= 15 is 0 Å². The minimum Gasteiger partial charge on any atom is -0.147 e. The van der Waals surface area contributed by atoms with Crippen LogP contribution in [0.3, 0.4) is 0 Å². The number of thiophene rings is 1. The second kappa shape index (κ2) is 3.93. The van der Waals surface area contributed by atoms with Gasteiger partial charge in [-0.2, -0.15) is 0 Å². The summed E-state index contributed by atoms with van der Waals surface area (Å²) in [6.45, 7) is 6.86. The Hall–Kier alpha value is 0.180. The van der Waals surface area contributed by atoms with Crippen LogP contribution in [0, 0.1) is 0 Å². The monoisotopic (exact) mass is 246 g/mol. The standard InChI is InChI=1S/C10H15BrS/c1-4-10(3,5-2)9-6-8(11)7-12-9/h6-7H,4-5H2,1-3H3. The van der Waals surface area contributed by atoms with Gasteiger partial charge in [0.25, 0.3) is 0 Å². The van der Waals surface area contributed by atoms with Crippen LogP contribution in [-0.2, 0) is 5.41 Å². The van der Waals surface area contributed by atoms with Crippen LogP contribution in [0.4, 0.5) is 0 Å². The van der Waals surface area contributed by atoms with Crippen molar-refractivity contribution in [1.82, 2.24) is 0 Å². The molecule has 0 amide bonds. The third kappa shape index (κ3) is 1.91. The summed E-state index contributed by atoms with van der Waals surface area (Å²) in [7, 11) is 0. The molecule has 68 valence electrons. The van der Waals surface area contributed by atoms with Crippen molar-refractivity contribution in [2.75, 3.05) is 0 Å². The molecule has 0 N–H and O–H groups in total. The average Bonchev–Trinajstić information content (AvgIpc) is 2.51. The summed E-state index contributed by atoms with van der Waals surface area (Å²) in [6.07, 6.45) is 2.44. The van der Waals surface area contributed by atoms with E-state index < -0.39 is 0 Å². The summed E-state index contributed by atoms with van der Waals surface area (Å²) in [4.78, 5) is 1.50. The normalized spacial score (nSPS) is 12.0. The van der Waals surface area contributed by atoms with E-state index in [1.165, 1.54) is 22.2 Å². The van der Waals surface area contributed by atoms with E-state index in [-0.39, 0.29) is 0 Å². The lowest BCUT2D eigenvalue weighted by Crippen LogP contribution is -2.17. The molecule has 12 heavy (non-hydrogen) atoms. The summed E-state index contributed by atoms with van der Waals surface area (Å²) in [5, 5.41) is 2.17. The molecule has 0 aromatic carbocycles. The van der Waals surface area contributed by atoms with Crippen LogP contribution in [-0.4, -0.2) is 0 Å². The Morgan fingerprint density at radius 3 is 2.33 bits per heavy atom. The smallest absolute Gasteiger partial charge is 0.0285 e. The van der Waals surface area contributed by atoms with E-state index in [1.807, 2.05) is 11.3 Å². The van der Waals surface area contributed by atoms with Crippen LogP contribution in [0.5, 0.6) is 0 Å². The SMILES string of the molecule is CCC(C)(CC)c1cc(Br)cs1. The fourth-order valence-electron chi connectivity index (χ4n) is 1.23. The molecule has 1 rings (SSSR count). The molecule has 0 saturated carbocycles. The van der Waals surface area contributed by atoms with Crippen LogP contribution < -0.4 is 0 Å². The Kier molecular flexibility index (Phi) is 3.36. The zero-order valence-electron chi connectivity index (χ0n) is 7.86. The second-order valence-corrected chi connectivity index (χ2v) is 5.22. The third-order valence-electron chi connectivity index (χ3n) is 2.72. The highest BCUT2D eigenvalue weighted by Gasteiger charge is 2.23. The van der Waals surface area contributed by atoms with Crippen molar-refractivity contribution in [3.63, 3.8) is 0 Å². The van der Waals surface area contributed by atoms with E-state index in [4.69, 9.17) is 0 Å². The van der Waals surface area contributed by atoms with Crippen molar-refractivity contribution in [2.45, 2.75) is 39.0 Å².